The molecule has 0 spiro atoms. The third-order valence-corrected chi connectivity index (χ3v) is 3.59. The van der Waals surface area contributed by atoms with Crippen LogP contribution in [0.15, 0.2) is 50.3 Å². The van der Waals surface area contributed by atoms with Crippen molar-refractivity contribution in [3.05, 3.63) is 62.6 Å². The van der Waals surface area contributed by atoms with E-state index < -0.39 is 0 Å². The van der Waals surface area contributed by atoms with Gasteiger partial charge in [-0.05, 0) is 24.5 Å². The normalized spacial score (nSPS) is 10.5. The summed E-state index contributed by atoms with van der Waals surface area (Å²) < 4.78 is 11.5. The number of hydrogen-bond acceptors (Lipinski definition) is 4. The van der Waals surface area contributed by atoms with E-state index in [4.69, 9.17) is 14.3 Å². The van der Waals surface area contributed by atoms with Gasteiger partial charge in [0, 0.05) is 10.5 Å². The maximum absolute atomic E-state index is 11.6. The van der Waals surface area contributed by atoms with Gasteiger partial charge in [-0.2, -0.15) is 0 Å². The summed E-state index contributed by atoms with van der Waals surface area (Å²) >= 11 is 3.49. The van der Waals surface area contributed by atoms with Crippen LogP contribution < -0.4 is 10.2 Å². The van der Waals surface area contributed by atoms with Gasteiger partial charge in [-0.1, -0.05) is 34.1 Å². The lowest BCUT2D eigenvalue weighted by Gasteiger charge is -2.06. The second-order valence-corrected chi connectivity index (χ2v) is 5.13. The standard InChI is InChI=1S/C15H15BrO4/c16-13-6-2-1-4-11(13)5-3-7-19-15-10-20-12(9-17)8-14(15)18/h1-2,4,6,8,10,17H,3,5,7,9H2. The van der Waals surface area contributed by atoms with Crippen molar-refractivity contribution in [1.29, 1.82) is 0 Å². The van der Waals surface area contributed by atoms with Crippen molar-refractivity contribution in [1.82, 2.24) is 0 Å². The van der Waals surface area contributed by atoms with Crippen LogP contribution in [0.25, 0.3) is 0 Å². The third-order valence-electron chi connectivity index (χ3n) is 2.81. The van der Waals surface area contributed by atoms with E-state index >= 15 is 0 Å². The van der Waals surface area contributed by atoms with Gasteiger partial charge in [-0.25, -0.2) is 0 Å². The molecular weight excluding hydrogens is 324 g/mol. The van der Waals surface area contributed by atoms with Crippen molar-refractivity contribution < 1.29 is 14.3 Å². The Hall–Kier alpha value is -1.59. The topological polar surface area (TPSA) is 59.7 Å². The summed E-state index contributed by atoms with van der Waals surface area (Å²) in [4.78, 5) is 11.6. The number of aliphatic hydroxyl groups is 1. The first-order valence-corrected chi connectivity index (χ1v) is 7.09. The first-order chi connectivity index (χ1) is 9.70. The average Bonchev–Trinajstić information content (AvgIpc) is 2.46. The lowest BCUT2D eigenvalue weighted by Crippen LogP contribution is -2.09. The molecule has 2 aromatic rings. The predicted octanol–water partition coefficient (Wildman–Crippen LogP) is 2.91. The zero-order valence-corrected chi connectivity index (χ0v) is 12.4. The molecule has 0 fully saturated rings. The maximum Gasteiger partial charge on any atom is 0.227 e. The number of halogens is 1. The Morgan fingerprint density at radius 2 is 2.10 bits per heavy atom. The minimum Gasteiger partial charge on any atom is -0.487 e. The van der Waals surface area contributed by atoms with Gasteiger partial charge in [-0.15, -0.1) is 0 Å². The monoisotopic (exact) mass is 338 g/mol. The quantitative estimate of drug-likeness (QED) is 0.822. The summed E-state index contributed by atoms with van der Waals surface area (Å²) in [5, 5.41) is 8.84. The molecule has 0 saturated carbocycles. The molecule has 1 N–H and O–H groups in total. The molecule has 4 nitrogen and oxygen atoms in total. The van der Waals surface area contributed by atoms with Gasteiger partial charge in [0.15, 0.2) is 0 Å². The molecule has 106 valence electrons. The van der Waals surface area contributed by atoms with E-state index in [1.165, 1.54) is 17.9 Å². The second-order valence-electron chi connectivity index (χ2n) is 4.28. The molecule has 0 bridgehead atoms. The molecule has 1 heterocycles. The molecule has 0 atom stereocenters. The Labute approximate surface area is 125 Å². The van der Waals surface area contributed by atoms with Crippen molar-refractivity contribution in [2.45, 2.75) is 19.4 Å². The van der Waals surface area contributed by atoms with Crippen LogP contribution in [0.5, 0.6) is 5.75 Å². The number of ether oxygens (including phenoxy) is 1. The maximum atomic E-state index is 11.6. The Kier molecular flexibility index (Phi) is 5.38. The van der Waals surface area contributed by atoms with Crippen LogP contribution in [0.4, 0.5) is 0 Å². The Morgan fingerprint density at radius 1 is 1.30 bits per heavy atom. The number of benzene rings is 1. The van der Waals surface area contributed by atoms with Gasteiger partial charge < -0.3 is 14.3 Å². The van der Waals surface area contributed by atoms with E-state index in [-0.39, 0.29) is 23.5 Å². The Morgan fingerprint density at radius 3 is 2.80 bits per heavy atom. The first kappa shape index (κ1) is 14.8. The van der Waals surface area contributed by atoms with Gasteiger partial charge >= 0.3 is 0 Å². The molecule has 0 aliphatic heterocycles. The van der Waals surface area contributed by atoms with Crippen molar-refractivity contribution >= 4 is 15.9 Å². The van der Waals surface area contributed by atoms with Crippen LogP contribution in [0.2, 0.25) is 0 Å². The molecule has 0 aliphatic carbocycles. The summed E-state index contributed by atoms with van der Waals surface area (Å²) in [6, 6.07) is 9.25. The van der Waals surface area contributed by atoms with Gasteiger partial charge in [0.1, 0.15) is 18.6 Å². The lowest BCUT2D eigenvalue weighted by atomic mass is 10.1. The summed E-state index contributed by atoms with van der Waals surface area (Å²) in [5.74, 6) is 0.407. The van der Waals surface area contributed by atoms with Gasteiger partial charge in [0.25, 0.3) is 0 Å². The van der Waals surface area contributed by atoms with Gasteiger partial charge in [-0.3, -0.25) is 4.79 Å². The predicted molar refractivity (Wildman–Crippen MR) is 78.9 cm³/mol. The SMILES string of the molecule is O=c1cc(CO)occ1OCCCc1ccccc1Br. The van der Waals surface area contributed by atoms with Crippen LogP contribution in [-0.2, 0) is 13.0 Å². The largest absolute Gasteiger partial charge is 0.487 e. The van der Waals surface area contributed by atoms with Crippen LogP contribution in [0.1, 0.15) is 17.7 Å². The first-order valence-electron chi connectivity index (χ1n) is 6.29. The van der Waals surface area contributed by atoms with E-state index in [9.17, 15) is 4.79 Å². The van der Waals surface area contributed by atoms with Crippen LogP contribution in [0, 0.1) is 0 Å². The molecule has 1 aromatic carbocycles. The summed E-state index contributed by atoms with van der Waals surface area (Å²) in [6.07, 6.45) is 2.90. The molecule has 5 heteroatoms. The zero-order chi connectivity index (χ0) is 14.4. The summed E-state index contributed by atoms with van der Waals surface area (Å²) in [7, 11) is 0. The van der Waals surface area contributed by atoms with Crippen molar-refractivity contribution in [3.63, 3.8) is 0 Å². The molecule has 0 amide bonds. The Balaban J connectivity index is 1.85. The summed E-state index contributed by atoms with van der Waals surface area (Å²) in [6.45, 7) is 0.141. The molecular formula is C15H15BrO4. The molecule has 2 rings (SSSR count). The fraction of sp³-hybridized carbons (Fsp3) is 0.267. The van der Waals surface area contributed by atoms with Gasteiger partial charge in [0.2, 0.25) is 11.2 Å². The van der Waals surface area contributed by atoms with E-state index in [2.05, 4.69) is 22.0 Å². The lowest BCUT2D eigenvalue weighted by molar-refractivity contribution is 0.237. The fourth-order valence-corrected chi connectivity index (χ4v) is 2.26. The zero-order valence-electron chi connectivity index (χ0n) is 10.8. The van der Waals surface area contributed by atoms with Crippen molar-refractivity contribution in [2.24, 2.45) is 0 Å². The molecule has 0 radical (unpaired) electrons. The fourth-order valence-electron chi connectivity index (χ4n) is 1.77. The van der Waals surface area contributed by atoms with E-state index in [1.54, 1.807) is 0 Å². The summed E-state index contributed by atoms with van der Waals surface area (Å²) in [5.41, 5.74) is 0.931. The number of aliphatic hydroxyl groups excluding tert-OH is 1. The smallest absolute Gasteiger partial charge is 0.227 e. The van der Waals surface area contributed by atoms with E-state index in [0.29, 0.717) is 6.61 Å². The minimum atomic E-state index is -0.294. The molecule has 0 aliphatic rings. The van der Waals surface area contributed by atoms with Gasteiger partial charge in [0.05, 0.1) is 6.61 Å². The van der Waals surface area contributed by atoms with Crippen molar-refractivity contribution in [2.75, 3.05) is 6.61 Å². The van der Waals surface area contributed by atoms with Crippen molar-refractivity contribution in [3.8, 4) is 5.75 Å². The Bertz CT molecular complexity index is 621. The number of aryl methyl sites for hydroxylation is 1. The van der Waals surface area contributed by atoms with E-state index in [0.717, 1.165) is 17.3 Å². The third kappa shape index (κ3) is 3.95. The van der Waals surface area contributed by atoms with Crippen LogP contribution in [-0.4, -0.2) is 11.7 Å². The number of hydrogen-bond donors (Lipinski definition) is 1. The van der Waals surface area contributed by atoms with Crippen LogP contribution in [0.3, 0.4) is 0 Å². The molecule has 0 saturated heterocycles. The highest BCUT2D eigenvalue weighted by Gasteiger charge is 2.04. The highest BCUT2D eigenvalue weighted by molar-refractivity contribution is 9.10. The molecule has 1 aromatic heterocycles. The highest BCUT2D eigenvalue weighted by Crippen LogP contribution is 2.17. The number of rotatable bonds is 6. The average molecular weight is 339 g/mol. The molecule has 0 unspecified atom stereocenters. The minimum absolute atomic E-state index is 0.175. The van der Waals surface area contributed by atoms with Crippen LogP contribution >= 0.6 is 15.9 Å². The molecule has 20 heavy (non-hydrogen) atoms. The van der Waals surface area contributed by atoms with E-state index in [1.807, 2.05) is 18.2 Å². The highest BCUT2D eigenvalue weighted by atomic mass is 79.9. The second kappa shape index (κ2) is 7.26.